The van der Waals surface area contributed by atoms with Crippen molar-refractivity contribution in [3.05, 3.63) is 0 Å². The van der Waals surface area contributed by atoms with Crippen LogP contribution in [0.1, 0.15) is 0 Å². The Bertz CT molecular complexity index is 429. The molecule has 2 aliphatic rings. The molecule has 0 aromatic heterocycles. The van der Waals surface area contributed by atoms with Crippen LogP contribution in [0.15, 0.2) is 0 Å². The summed E-state index contributed by atoms with van der Waals surface area (Å²) < 4.78 is 21.0. The minimum Gasteiger partial charge on any atom is -0.394 e. The van der Waals surface area contributed by atoms with Crippen LogP contribution in [-0.4, -0.2) is 142 Å². The molecule has 2 heterocycles. The number of rotatable bonds is 10. The van der Waals surface area contributed by atoms with Crippen LogP contribution in [0.4, 0.5) is 0 Å². The van der Waals surface area contributed by atoms with E-state index in [0.717, 1.165) is 0 Å². The lowest BCUT2D eigenvalue weighted by Crippen LogP contribution is -2.59. The highest BCUT2D eigenvalue weighted by molar-refractivity contribution is 4.89. The summed E-state index contributed by atoms with van der Waals surface area (Å²) in [7, 11) is 0. The van der Waals surface area contributed by atoms with E-state index in [1.165, 1.54) is 0 Å². The van der Waals surface area contributed by atoms with Gasteiger partial charge in [-0.2, -0.15) is 0 Å². The summed E-state index contributed by atoms with van der Waals surface area (Å²) in [5, 5.41) is 79.5. The zero-order valence-electron chi connectivity index (χ0n) is 15.7. The van der Waals surface area contributed by atoms with Gasteiger partial charge in [0.1, 0.15) is 48.8 Å². The summed E-state index contributed by atoms with van der Waals surface area (Å²) in [5.74, 6) is 0. The van der Waals surface area contributed by atoms with Crippen molar-refractivity contribution in [2.45, 2.75) is 61.4 Å². The van der Waals surface area contributed by atoms with E-state index >= 15 is 0 Å². The van der Waals surface area contributed by atoms with E-state index in [0.29, 0.717) is 13.1 Å². The van der Waals surface area contributed by atoms with Crippen LogP contribution in [0.3, 0.4) is 0 Å². The van der Waals surface area contributed by atoms with Crippen molar-refractivity contribution in [2.75, 3.05) is 39.5 Å². The predicted octanol–water partition coefficient (Wildman–Crippen LogP) is -5.79. The normalized spacial score (nSPS) is 43.4. The number of hydrogen-bond acceptors (Lipinski definition) is 13. The summed E-state index contributed by atoms with van der Waals surface area (Å²) in [6.45, 7) is -0.345. The van der Waals surface area contributed by atoms with Gasteiger partial charge in [0, 0.05) is 13.1 Å². The van der Waals surface area contributed by atoms with Gasteiger partial charge < -0.3 is 65.1 Å². The largest absolute Gasteiger partial charge is 0.394 e. The van der Waals surface area contributed by atoms with Gasteiger partial charge in [0.2, 0.25) is 0 Å². The molecule has 2 rings (SSSR count). The second-order valence-corrected chi connectivity index (χ2v) is 6.89. The van der Waals surface area contributed by atoms with Gasteiger partial charge >= 0.3 is 0 Å². The van der Waals surface area contributed by atoms with Crippen LogP contribution >= 0.6 is 0 Å². The molecule has 2 saturated heterocycles. The van der Waals surface area contributed by atoms with Crippen molar-refractivity contribution in [3.63, 3.8) is 0 Å². The number of aliphatic hydroxyl groups is 8. The fourth-order valence-electron chi connectivity index (χ4n) is 3.03. The van der Waals surface area contributed by atoms with Gasteiger partial charge in [-0.1, -0.05) is 0 Å². The van der Waals surface area contributed by atoms with Crippen molar-refractivity contribution in [3.8, 4) is 0 Å². The van der Waals surface area contributed by atoms with Crippen molar-refractivity contribution in [1.82, 2.24) is 5.32 Å². The Morgan fingerprint density at radius 2 is 0.966 bits per heavy atom. The highest BCUT2D eigenvalue weighted by Crippen LogP contribution is 2.22. The molecule has 0 aromatic carbocycles. The number of hydrogen-bond donors (Lipinski definition) is 9. The molecule has 0 amide bonds. The van der Waals surface area contributed by atoms with Gasteiger partial charge in [-0.15, -0.1) is 0 Å². The van der Waals surface area contributed by atoms with Crippen LogP contribution in [-0.2, 0) is 18.9 Å². The standard InChI is InChI=1S/C16H31NO12/c18-5-7-9(20)11(22)13(24)15(28-7)26-3-1-17-2-4-27-16-14(25)12(23)10(21)8(6-19)29-16/h7-25H,1-6H2/t7-,8-,9-,10-,11+,12+,13+,14+,15+,16+/m1/s1. The van der Waals surface area contributed by atoms with Crippen LogP contribution < -0.4 is 5.32 Å². The average Bonchev–Trinajstić information content (AvgIpc) is 2.72. The summed E-state index contributed by atoms with van der Waals surface area (Å²) in [4.78, 5) is 0. The molecule has 172 valence electrons. The zero-order chi connectivity index (χ0) is 21.6. The summed E-state index contributed by atoms with van der Waals surface area (Å²) >= 11 is 0. The minimum atomic E-state index is -1.51. The first kappa shape index (κ1) is 24.7. The van der Waals surface area contributed by atoms with E-state index in [1.807, 2.05) is 0 Å². The molecule has 0 spiro atoms. The molecule has 0 aromatic rings. The third kappa shape index (κ3) is 6.24. The first-order valence-electron chi connectivity index (χ1n) is 9.36. The molecule has 2 aliphatic heterocycles. The van der Waals surface area contributed by atoms with E-state index in [2.05, 4.69) is 5.32 Å². The molecule has 0 bridgehead atoms. The Morgan fingerprint density at radius 1 is 0.586 bits per heavy atom. The predicted molar refractivity (Wildman–Crippen MR) is 92.3 cm³/mol. The van der Waals surface area contributed by atoms with Crippen LogP contribution in [0, 0.1) is 0 Å². The Labute approximate surface area is 167 Å². The molecule has 0 unspecified atom stereocenters. The molecule has 0 aliphatic carbocycles. The van der Waals surface area contributed by atoms with Crippen LogP contribution in [0.25, 0.3) is 0 Å². The van der Waals surface area contributed by atoms with Crippen LogP contribution in [0.5, 0.6) is 0 Å². The topological polar surface area (TPSA) is 211 Å². The van der Waals surface area contributed by atoms with Crippen molar-refractivity contribution in [1.29, 1.82) is 0 Å². The number of aliphatic hydroxyl groups excluding tert-OH is 8. The summed E-state index contributed by atoms with van der Waals surface area (Å²) in [6.07, 6.45) is -13.4. The minimum absolute atomic E-state index is 0.0722. The van der Waals surface area contributed by atoms with Gasteiger partial charge in [-0.05, 0) is 0 Å². The Balaban J connectivity index is 1.61. The highest BCUT2D eigenvalue weighted by Gasteiger charge is 2.44. The Kier molecular flexibility index (Phi) is 10.0. The third-order valence-electron chi connectivity index (χ3n) is 4.82. The van der Waals surface area contributed by atoms with E-state index in [4.69, 9.17) is 29.2 Å². The molecule has 13 heteroatoms. The summed E-state index contributed by atoms with van der Waals surface area (Å²) in [6, 6.07) is 0. The quantitative estimate of drug-likeness (QED) is 0.148. The lowest BCUT2D eigenvalue weighted by Gasteiger charge is -2.39. The van der Waals surface area contributed by atoms with Gasteiger partial charge in [0.15, 0.2) is 12.6 Å². The Hall–Kier alpha value is -0.520. The van der Waals surface area contributed by atoms with E-state index < -0.39 is 74.6 Å². The molecule has 2 fully saturated rings. The second kappa shape index (κ2) is 11.8. The van der Waals surface area contributed by atoms with Crippen LogP contribution in [0.2, 0.25) is 0 Å². The van der Waals surface area contributed by atoms with Gasteiger partial charge in [-0.3, -0.25) is 0 Å². The zero-order valence-corrected chi connectivity index (χ0v) is 15.7. The lowest BCUT2D eigenvalue weighted by atomic mass is 9.99. The molecule has 9 N–H and O–H groups in total. The molecular weight excluding hydrogens is 398 g/mol. The van der Waals surface area contributed by atoms with Gasteiger partial charge in [0.25, 0.3) is 0 Å². The van der Waals surface area contributed by atoms with E-state index in [9.17, 15) is 30.6 Å². The van der Waals surface area contributed by atoms with Gasteiger partial charge in [0.05, 0.1) is 26.4 Å². The maximum Gasteiger partial charge on any atom is 0.186 e. The van der Waals surface area contributed by atoms with Crippen molar-refractivity contribution < 1.29 is 59.8 Å². The SMILES string of the molecule is OC[C@H]1O[C@H](OCCNCCO[C@H]2O[C@H](CO)[C@@H](O)[C@H](O)[C@@H]2O)[C@@H](O)[C@@H](O)[C@@H]1O. The van der Waals surface area contributed by atoms with Gasteiger partial charge in [-0.25, -0.2) is 0 Å². The molecule has 10 atom stereocenters. The van der Waals surface area contributed by atoms with E-state index in [-0.39, 0.29) is 13.2 Å². The maximum absolute atomic E-state index is 9.84. The summed E-state index contributed by atoms with van der Waals surface area (Å²) in [5.41, 5.74) is 0. The molecule has 29 heavy (non-hydrogen) atoms. The molecule has 0 radical (unpaired) electrons. The second-order valence-electron chi connectivity index (χ2n) is 6.89. The Morgan fingerprint density at radius 3 is 1.31 bits per heavy atom. The average molecular weight is 429 g/mol. The first-order valence-corrected chi connectivity index (χ1v) is 9.36. The molecule has 13 nitrogen and oxygen atoms in total. The van der Waals surface area contributed by atoms with Crippen molar-refractivity contribution in [2.24, 2.45) is 0 Å². The number of nitrogens with one attached hydrogen (secondary N) is 1. The third-order valence-corrected chi connectivity index (χ3v) is 4.82. The highest BCUT2D eigenvalue weighted by atomic mass is 16.7. The fourth-order valence-corrected chi connectivity index (χ4v) is 3.03. The molecule has 0 saturated carbocycles. The fraction of sp³-hybridized carbons (Fsp3) is 1.00. The van der Waals surface area contributed by atoms with E-state index in [1.54, 1.807) is 0 Å². The first-order chi connectivity index (χ1) is 13.8. The monoisotopic (exact) mass is 429 g/mol. The maximum atomic E-state index is 9.84. The number of ether oxygens (including phenoxy) is 4. The molecular formula is C16H31NO12. The smallest absolute Gasteiger partial charge is 0.186 e. The van der Waals surface area contributed by atoms with Crippen molar-refractivity contribution >= 4 is 0 Å². The lowest BCUT2D eigenvalue weighted by molar-refractivity contribution is -0.301.